The monoisotopic (exact) mass is 129 g/mol. The minimum absolute atomic E-state index is 0.253. The molecule has 0 amide bonds. The number of hydrogen-bond donors (Lipinski definition) is 1. The van der Waals surface area contributed by atoms with Gasteiger partial charge >= 0.3 is 0 Å². The molecule has 0 unspecified atom stereocenters. The molecule has 2 heteroatoms. The standard InChI is InChI=1S/C7H12FN/c1-3-4-7(9)5-6(2)8/h4-5H,3,9H2,1-2H3/b6-5+,7-4+. The van der Waals surface area contributed by atoms with Crippen molar-refractivity contribution in [1.29, 1.82) is 0 Å². The highest BCUT2D eigenvalue weighted by Gasteiger charge is 1.83. The van der Waals surface area contributed by atoms with Gasteiger partial charge in [0.25, 0.3) is 0 Å². The fourth-order valence-electron chi connectivity index (χ4n) is 0.524. The maximum Gasteiger partial charge on any atom is 0.0989 e. The molecule has 0 saturated heterocycles. The lowest BCUT2D eigenvalue weighted by Gasteiger charge is -1.89. The van der Waals surface area contributed by atoms with E-state index in [0.717, 1.165) is 6.42 Å². The van der Waals surface area contributed by atoms with Gasteiger partial charge in [0.1, 0.15) is 0 Å². The van der Waals surface area contributed by atoms with Crippen LogP contribution in [0.15, 0.2) is 23.7 Å². The Hall–Kier alpha value is -0.790. The van der Waals surface area contributed by atoms with Gasteiger partial charge in [-0.15, -0.1) is 0 Å². The van der Waals surface area contributed by atoms with E-state index in [2.05, 4.69) is 0 Å². The largest absolute Gasteiger partial charge is 0.399 e. The number of allylic oxidation sites excluding steroid dienone is 3. The van der Waals surface area contributed by atoms with Gasteiger partial charge in [0.15, 0.2) is 0 Å². The first-order chi connectivity index (χ1) is 4.16. The minimum Gasteiger partial charge on any atom is -0.399 e. The summed E-state index contributed by atoms with van der Waals surface area (Å²) in [6.45, 7) is 3.32. The fourth-order valence-corrected chi connectivity index (χ4v) is 0.524. The summed E-state index contributed by atoms with van der Waals surface area (Å²) in [6.07, 6.45) is 3.92. The van der Waals surface area contributed by atoms with Crippen molar-refractivity contribution in [2.75, 3.05) is 0 Å². The van der Waals surface area contributed by atoms with Gasteiger partial charge in [-0.25, -0.2) is 4.39 Å². The lowest BCUT2D eigenvalue weighted by Crippen LogP contribution is -1.92. The normalized spacial score (nSPS) is 14.1. The Labute approximate surface area is 55.1 Å². The van der Waals surface area contributed by atoms with E-state index < -0.39 is 0 Å². The summed E-state index contributed by atoms with van der Waals surface area (Å²) in [4.78, 5) is 0. The molecular formula is C7H12FN. The zero-order valence-corrected chi connectivity index (χ0v) is 5.82. The van der Waals surface area contributed by atoms with Crippen LogP contribution in [-0.2, 0) is 0 Å². The number of rotatable bonds is 2. The predicted octanol–water partition coefficient (Wildman–Crippen LogP) is 2.11. The molecule has 1 nitrogen and oxygen atoms in total. The molecule has 0 aromatic rings. The Bertz CT molecular complexity index is 132. The van der Waals surface area contributed by atoms with Crippen molar-refractivity contribution in [2.24, 2.45) is 5.73 Å². The molecule has 0 radical (unpaired) electrons. The molecule has 0 aliphatic rings. The Morgan fingerprint density at radius 1 is 1.67 bits per heavy atom. The molecule has 0 heterocycles. The minimum atomic E-state index is -0.253. The van der Waals surface area contributed by atoms with Gasteiger partial charge < -0.3 is 5.73 Å². The van der Waals surface area contributed by atoms with Crippen molar-refractivity contribution >= 4 is 0 Å². The Morgan fingerprint density at radius 3 is 2.56 bits per heavy atom. The summed E-state index contributed by atoms with van der Waals surface area (Å²) >= 11 is 0. The van der Waals surface area contributed by atoms with E-state index in [1.165, 1.54) is 13.0 Å². The molecular weight excluding hydrogens is 117 g/mol. The van der Waals surface area contributed by atoms with Crippen LogP contribution in [0.5, 0.6) is 0 Å². The molecule has 2 N–H and O–H groups in total. The number of nitrogens with two attached hydrogens (primary N) is 1. The molecule has 0 rings (SSSR count). The Morgan fingerprint density at radius 2 is 2.22 bits per heavy atom. The van der Waals surface area contributed by atoms with Crippen LogP contribution < -0.4 is 5.73 Å². The van der Waals surface area contributed by atoms with Gasteiger partial charge in [-0.1, -0.05) is 13.0 Å². The zero-order chi connectivity index (χ0) is 7.28. The summed E-state index contributed by atoms with van der Waals surface area (Å²) in [7, 11) is 0. The van der Waals surface area contributed by atoms with Crippen molar-refractivity contribution in [3.05, 3.63) is 23.7 Å². The van der Waals surface area contributed by atoms with Crippen LogP contribution in [0.1, 0.15) is 20.3 Å². The van der Waals surface area contributed by atoms with Crippen LogP contribution in [0, 0.1) is 0 Å². The molecule has 0 aromatic heterocycles. The smallest absolute Gasteiger partial charge is 0.0989 e. The van der Waals surface area contributed by atoms with Crippen molar-refractivity contribution in [1.82, 2.24) is 0 Å². The van der Waals surface area contributed by atoms with Crippen LogP contribution in [0.2, 0.25) is 0 Å². The maximum absolute atomic E-state index is 12.0. The molecule has 0 aliphatic heterocycles. The SMILES string of the molecule is CC/C=C(N)\C=C(/C)F. The first-order valence-corrected chi connectivity index (χ1v) is 2.96. The summed E-state index contributed by atoms with van der Waals surface area (Å²) in [5.74, 6) is -0.253. The van der Waals surface area contributed by atoms with Crippen molar-refractivity contribution in [2.45, 2.75) is 20.3 Å². The highest BCUT2D eigenvalue weighted by molar-refractivity contribution is 5.15. The second kappa shape index (κ2) is 4.13. The van der Waals surface area contributed by atoms with Gasteiger partial charge in [0.2, 0.25) is 0 Å². The lowest BCUT2D eigenvalue weighted by atomic mass is 10.3. The highest BCUT2D eigenvalue weighted by Crippen LogP contribution is 1.97. The molecule has 9 heavy (non-hydrogen) atoms. The van der Waals surface area contributed by atoms with E-state index in [1.807, 2.05) is 6.92 Å². The van der Waals surface area contributed by atoms with Gasteiger partial charge in [-0.3, -0.25) is 0 Å². The van der Waals surface area contributed by atoms with Crippen molar-refractivity contribution in [3.8, 4) is 0 Å². The average Bonchev–Trinajstić information content (AvgIpc) is 1.63. The van der Waals surface area contributed by atoms with E-state index in [9.17, 15) is 4.39 Å². The summed E-state index contributed by atoms with van der Waals surface area (Å²) in [6, 6.07) is 0. The molecule has 0 bridgehead atoms. The van der Waals surface area contributed by atoms with Gasteiger partial charge in [-0.05, 0) is 19.4 Å². The molecule has 0 saturated carbocycles. The molecule has 0 aliphatic carbocycles. The van der Waals surface area contributed by atoms with E-state index in [4.69, 9.17) is 5.73 Å². The van der Waals surface area contributed by atoms with E-state index >= 15 is 0 Å². The second-order valence-corrected chi connectivity index (χ2v) is 1.84. The fraction of sp³-hybridized carbons (Fsp3) is 0.429. The first-order valence-electron chi connectivity index (χ1n) is 2.96. The molecule has 0 spiro atoms. The van der Waals surface area contributed by atoms with Crippen LogP contribution in [0.3, 0.4) is 0 Å². The summed E-state index contributed by atoms with van der Waals surface area (Å²) in [5.41, 5.74) is 5.83. The van der Waals surface area contributed by atoms with Crippen LogP contribution in [0.25, 0.3) is 0 Å². The molecule has 0 aromatic carbocycles. The highest BCUT2D eigenvalue weighted by atomic mass is 19.1. The van der Waals surface area contributed by atoms with E-state index in [0.29, 0.717) is 5.70 Å². The molecule has 0 fully saturated rings. The van der Waals surface area contributed by atoms with Crippen LogP contribution >= 0.6 is 0 Å². The summed E-state index contributed by atoms with van der Waals surface area (Å²) < 4.78 is 12.0. The maximum atomic E-state index is 12.0. The number of halogens is 1. The van der Waals surface area contributed by atoms with Gasteiger partial charge in [-0.2, -0.15) is 0 Å². The molecule has 0 atom stereocenters. The third-order valence-corrected chi connectivity index (χ3v) is 0.805. The summed E-state index contributed by atoms with van der Waals surface area (Å²) in [5, 5.41) is 0. The lowest BCUT2D eigenvalue weighted by molar-refractivity contribution is 0.639. The average molecular weight is 129 g/mol. The Balaban J connectivity index is 3.90. The third kappa shape index (κ3) is 5.07. The predicted molar refractivity (Wildman–Crippen MR) is 37.4 cm³/mol. The first kappa shape index (κ1) is 8.21. The van der Waals surface area contributed by atoms with Crippen LogP contribution in [0.4, 0.5) is 4.39 Å². The zero-order valence-electron chi connectivity index (χ0n) is 5.82. The van der Waals surface area contributed by atoms with Crippen molar-refractivity contribution in [3.63, 3.8) is 0 Å². The van der Waals surface area contributed by atoms with E-state index in [1.54, 1.807) is 6.08 Å². The quantitative estimate of drug-likeness (QED) is 0.568. The number of hydrogen-bond acceptors (Lipinski definition) is 1. The second-order valence-electron chi connectivity index (χ2n) is 1.84. The topological polar surface area (TPSA) is 26.0 Å². The molecule has 52 valence electrons. The van der Waals surface area contributed by atoms with Gasteiger partial charge in [0, 0.05) is 5.70 Å². The van der Waals surface area contributed by atoms with Crippen LogP contribution in [-0.4, -0.2) is 0 Å². The van der Waals surface area contributed by atoms with E-state index in [-0.39, 0.29) is 5.83 Å². The Kier molecular flexibility index (Phi) is 3.76. The third-order valence-electron chi connectivity index (χ3n) is 0.805. The van der Waals surface area contributed by atoms with Crippen molar-refractivity contribution < 1.29 is 4.39 Å². The van der Waals surface area contributed by atoms with Gasteiger partial charge in [0.05, 0.1) is 5.83 Å².